The van der Waals surface area contributed by atoms with E-state index in [-0.39, 0.29) is 0 Å². The summed E-state index contributed by atoms with van der Waals surface area (Å²) in [4.78, 5) is 10.6. The van der Waals surface area contributed by atoms with Crippen LogP contribution in [0.1, 0.15) is 31.3 Å². The third-order valence-corrected chi connectivity index (χ3v) is 1.86. The lowest BCUT2D eigenvalue weighted by Gasteiger charge is -2.11. The summed E-state index contributed by atoms with van der Waals surface area (Å²) in [6.07, 6.45) is 0. The molecule has 1 heterocycles. The van der Waals surface area contributed by atoms with Gasteiger partial charge in [-0.3, -0.25) is 0 Å². The highest BCUT2D eigenvalue weighted by atomic mass is 15.1. The predicted molar refractivity (Wildman–Crippen MR) is 57.9 cm³/mol. The topological polar surface area (TPSA) is 55.0 Å². The van der Waals surface area contributed by atoms with Gasteiger partial charge in [-0.05, 0) is 20.0 Å². The summed E-state index contributed by atoms with van der Waals surface area (Å²) < 4.78 is 0. The number of anilines is 1. The van der Waals surface area contributed by atoms with Crippen molar-refractivity contribution in [1.82, 2.24) is 14.9 Å². The Balaban J connectivity index is 2.95. The molecule has 0 saturated carbocycles. The van der Waals surface area contributed by atoms with Crippen LogP contribution in [0.15, 0.2) is 6.07 Å². The van der Waals surface area contributed by atoms with Crippen LogP contribution in [0.3, 0.4) is 0 Å². The molecular formula is C10H18N4. The number of aromatic nitrogens is 2. The fourth-order valence-electron chi connectivity index (χ4n) is 1.19. The molecule has 0 aliphatic heterocycles. The van der Waals surface area contributed by atoms with E-state index in [1.165, 1.54) is 0 Å². The van der Waals surface area contributed by atoms with E-state index in [9.17, 15) is 0 Å². The Morgan fingerprint density at radius 2 is 2.00 bits per heavy atom. The van der Waals surface area contributed by atoms with Gasteiger partial charge in [0.1, 0.15) is 11.6 Å². The molecule has 0 aromatic carbocycles. The summed E-state index contributed by atoms with van der Waals surface area (Å²) in [6, 6.07) is 1.84. The Kier molecular flexibility index (Phi) is 3.41. The summed E-state index contributed by atoms with van der Waals surface area (Å²) >= 11 is 0. The first-order chi connectivity index (χ1) is 6.49. The first-order valence-corrected chi connectivity index (χ1v) is 4.77. The molecule has 4 heteroatoms. The van der Waals surface area contributed by atoms with Gasteiger partial charge in [0.05, 0.1) is 6.54 Å². The zero-order valence-electron chi connectivity index (χ0n) is 9.28. The molecular weight excluding hydrogens is 176 g/mol. The smallest absolute Gasteiger partial charge is 0.144 e. The van der Waals surface area contributed by atoms with Crippen molar-refractivity contribution < 1.29 is 0 Å². The molecule has 1 aromatic rings. The van der Waals surface area contributed by atoms with E-state index < -0.39 is 0 Å². The summed E-state index contributed by atoms with van der Waals surface area (Å²) in [5.41, 5.74) is 6.71. The van der Waals surface area contributed by atoms with E-state index >= 15 is 0 Å². The van der Waals surface area contributed by atoms with Crippen LogP contribution >= 0.6 is 0 Å². The normalized spacial score (nSPS) is 11.3. The Morgan fingerprint density at radius 3 is 2.50 bits per heavy atom. The van der Waals surface area contributed by atoms with Gasteiger partial charge in [0.15, 0.2) is 0 Å². The van der Waals surface area contributed by atoms with Crippen LogP contribution in [0.4, 0.5) is 5.82 Å². The molecule has 0 saturated heterocycles. The number of hydrogen-bond donors (Lipinski definition) is 1. The monoisotopic (exact) mass is 194 g/mol. The molecule has 2 N–H and O–H groups in total. The van der Waals surface area contributed by atoms with E-state index in [2.05, 4.69) is 23.8 Å². The molecule has 78 valence electrons. The van der Waals surface area contributed by atoms with E-state index in [1.54, 1.807) is 0 Å². The van der Waals surface area contributed by atoms with E-state index in [4.69, 9.17) is 5.73 Å². The van der Waals surface area contributed by atoms with E-state index in [0.29, 0.717) is 11.7 Å². The number of hydrogen-bond acceptors (Lipinski definition) is 4. The number of nitrogen functional groups attached to an aromatic ring is 1. The predicted octanol–water partition coefficient (Wildman–Crippen LogP) is 1.24. The number of nitrogens with zero attached hydrogens (tertiary/aromatic N) is 3. The minimum Gasteiger partial charge on any atom is -0.384 e. The molecule has 14 heavy (non-hydrogen) atoms. The van der Waals surface area contributed by atoms with Crippen molar-refractivity contribution in [3.8, 4) is 0 Å². The van der Waals surface area contributed by atoms with Gasteiger partial charge in [-0.1, -0.05) is 13.8 Å². The van der Waals surface area contributed by atoms with Crippen LogP contribution < -0.4 is 5.73 Å². The van der Waals surface area contributed by atoms with Gasteiger partial charge in [0, 0.05) is 11.8 Å². The van der Waals surface area contributed by atoms with Crippen LogP contribution in [0.5, 0.6) is 0 Å². The number of rotatable bonds is 3. The summed E-state index contributed by atoms with van der Waals surface area (Å²) in [6.45, 7) is 4.92. The van der Waals surface area contributed by atoms with Crippen LogP contribution in [-0.4, -0.2) is 29.0 Å². The third-order valence-electron chi connectivity index (χ3n) is 1.86. The average Bonchev–Trinajstić information content (AvgIpc) is 2.01. The van der Waals surface area contributed by atoms with Crippen molar-refractivity contribution in [1.29, 1.82) is 0 Å². The van der Waals surface area contributed by atoms with Gasteiger partial charge in [0.2, 0.25) is 0 Å². The molecule has 0 aliphatic carbocycles. The highest BCUT2D eigenvalue weighted by molar-refractivity contribution is 5.30. The molecule has 0 fully saturated rings. The lowest BCUT2D eigenvalue weighted by molar-refractivity contribution is 0.389. The van der Waals surface area contributed by atoms with Gasteiger partial charge < -0.3 is 10.6 Å². The molecule has 1 rings (SSSR count). The van der Waals surface area contributed by atoms with Gasteiger partial charge in [-0.15, -0.1) is 0 Å². The van der Waals surface area contributed by atoms with Crippen LogP contribution in [0, 0.1) is 0 Å². The Bertz CT molecular complexity index is 307. The summed E-state index contributed by atoms with van der Waals surface area (Å²) in [5, 5.41) is 0. The summed E-state index contributed by atoms with van der Waals surface area (Å²) in [5.74, 6) is 1.74. The highest BCUT2D eigenvalue weighted by Crippen LogP contribution is 2.13. The van der Waals surface area contributed by atoms with E-state index in [0.717, 1.165) is 18.1 Å². The van der Waals surface area contributed by atoms with Gasteiger partial charge in [0.25, 0.3) is 0 Å². The standard InChI is InChI=1S/C10H18N4/c1-7(2)8-5-9(11)13-10(12-8)6-14(3)4/h5,7H,6H2,1-4H3,(H2,11,12,13). The van der Waals surface area contributed by atoms with Crippen molar-refractivity contribution in [2.24, 2.45) is 0 Å². The molecule has 0 atom stereocenters. The van der Waals surface area contributed by atoms with Crippen molar-refractivity contribution in [2.75, 3.05) is 19.8 Å². The SMILES string of the molecule is CC(C)c1cc(N)nc(CN(C)C)n1. The molecule has 0 aliphatic rings. The zero-order chi connectivity index (χ0) is 10.7. The average molecular weight is 194 g/mol. The fourth-order valence-corrected chi connectivity index (χ4v) is 1.19. The fraction of sp³-hybridized carbons (Fsp3) is 0.600. The Labute approximate surface area is 85.2 Å². The van der Waals surface area contributed by atoms with Gasteiger partial charge in [-0.25, -0.2) is 9.97 Å². The van der Waals surface area contributed by atoms with Crippen molar-refractivity contribution >= 4 is 5.82 Å². The minimum absolute atomic E-state index is 0.390. The van der Waals surface area contributed by atoms with Crippen LogP contribution in [0.2, 0.25) is 0 Å². The second-order valence-electron chi connectivity index (χ2n) is 4.03. The van der Waals surface area contributed by atoms with Gasteiger partial charge in [-0.2, -0.15) is 0 Å². The van der Waals surface area contributed by atoms with Crippen LogP contribution in [0.25, 0.3) is 0 Å². The Hall–Kier alpha value is -1.16. The molecule has 0 spiro atoms. The highest BCUT2D eigenvalue weighted by Gasteiger charge is 2.06. The number of nitrogens with two attached hydrogens (primary N) is 1. The maximum absolute atomic E-state index is 5.70. The van der Waals surface area contributed by atoms with E-state index in [1.807, 2.05) is 25.1 Å². The maximum atomic E-state index is 5.70. The Morgan fingerprint density at radius 1 is 1.36 bits per heavy atom. The maximum Gasteiger partial charge on any atom is 0.144 e. The first-order valence-electron chi connectivity index (χ1n) is 4.77. The second-order valence-corrected chi connectivity index (χ2v) is 4.03. The zero-order valence-corrected chi connectivity index (χ0v) is 9.28. The van der Waals surface area contributed by atoms with Crippen LogP contribution in [-0.2, 0) is 6.54 Å². The molecule has 0 unspecified atom stereocenters. The quantitative estimate of drug-likeness (QED) is 0.786. The summed E-state index contributed by atoms with van der Waals surface area (Å²) in [7, 11) is 3.98. The first kappa shape index (κ1) is 10.9. The molecule has 4 nitrogen and oxygen atoms in total. The van der Waals surface area contributed by atoms with Crippen molar-refractivity contribution in [3.63, 3.8) is 0 Å². The minimum atomic E-state index is 0.390. The van der Waals surface area contributed by atoms with Crippen molar-refractivity contribution in [3.05, 3.63) is 17.6 Å². The van der Waals surface area contributed by atoms with Gasteiger partial charge >= 0.3 is 0 Å². The molecule has 0 bridgehead atoms. The molecule has 1 aromatic heterocycles. The lowest BCUT2D eigenvalue weighted by Crippen LogP contribution is -2.15. The molecule has 0 radical (unpaired) electrons. The molecule has 0 amide bonds. The second kappa shape index (κ2) is 4.37. The largest absolute Gasteiger partial charge is 0.384 e. The lowest BCUT2D eigenvalue weighted by atomic mass is 10.1. The van der Waals surface area contributed by atoms with Crippen molar-refractivity contribution in [2.45, 2.75) is 26.3 Å². The third kappa shape index (κ3) is 2.96.